The zero-order valence-electron chi connectivity index (χ0n) is 11.5. The highest BCUT2D eigenvalue weighted by Gasteiger charge is 2.14. The van der Waals surface area contributed by atoms with E-state index in [9.17, 15) is 4.39 Å². The van der Waals surface area contributed by atoms with Gasteiger partial charge in [-0.3, -0.25) is 4.98 Å². The van der Waals surface area contributed by atoms with Crippen LogP contribution in [0.1, 0.15) is 17.2 Å². The molecule has 0 radical (unpaired) electrons. The quantitative estimate of drug-likeness (QED) is 0.778. The first-order valence-corrected chi connectivity index (χ1v) is 7.04. The standard InChI is InChI=1S/C17H14ClFN2/c1-20-17(12-6-7-15(19)14(18)9-12)13-5-4-11-3-2-8-21-16(11)10-13/h2-10,17,20H,1H3. The minimum atomic E-state index is -0.407. The molecule has 0 spiro atoms. The van der Waals surface area contributed by atoms with Gasteiger partial charge in [0.1, 0.15) is 5.82 Å². The number of nitrogens with zero attached hydrogens (tertiary/aromatic N) is 1. The smallest absolute Gasteiger partial charge is 0.141 e. The summed E-state index contributed by atoms with van der Waals surface area (Å²) in [6.45, 7) is 0. The van der Waals surface area contributed by atoms with Crippen molar-refractivity contribution in [2.75, 3.05) is 7.05 Å². The molecule has 2 aromatic carbocycles. The second-order valence-electron chi connectivity index (χ2n) is 4.85. The van der Waals surface area contributed by atoms with Crippen LogP contribution in [0.4, 0.5) is 4.39 Å². The van der Waals surface area contributed by atoms with Crippen molar-refractivity contribution in [1.29, 1.82) is 0 Å². The highest BCUT2D eigenvalue weighted by molar-refractivity contribution is 6.30. The Hall–Kier alpha value is -1.97. The third kappa shape index (κ3) is 2.75. The summed E-state index contributed by atoms with van der Waals surface area (Å²) >= 11 is 5.88. The summed E-state index contributed by atoms with van der Waals surface area (Å²) in [5.74, 6) is -0.407. The largest absolute Gasteiger partial charge is 0.309 e. The van der Waals surface area contributed by atoms with Gasteiger partial charge in [-0.05, 0) is 42.4 Å². The third-order valence-electron chi connectivity index (χ3n) is 3.53. The summed E-state index contributed by atoms with van der Waals surface area (Å²) in [6.07, 6.45) is 1.77. The summed E-state index contributed by atoms with van der Waals surface area (Å²) in [6, 6.07) is 14.8. The molecule has 3 rings (SSSR count). The topological polar surface area (TPSA) is 24.9 Å². The predicted molar refractivity (Wildman–Crippen MR) is 84.1 cm³/mol. The Kier molecular flexibility index (Phi) is 3.86. The van der Waals surface area contributed by atoms with E-state index in [0.717, 1.165) is 22.0 Å². The molecule has 1 aromatic heterocycles. The summed E-state index contributed by atoms with van der Waals surface area (Å²) < 4.78 is 13.3. The number of aromatic nitrogens is 1. The number of benzene rings is 2. The van der Waals surface area contributed by atoms with Crippen LogP contribution in [0.2, 0.25) is 5.02 Å². The lowest BCUT2D eigenvalue weighted by Gasteiger charge is -2.18. The number of pyridine rings is 1. The molecule has 0 aliphatic rings. The van der Waals surface area contributed by atoms with Crippen LogP contribution in [0.3, 0.4) is 0 Å². The van der Waals surface area contributed by atoms with E-state index in [0.29, 0.717) is 0 Å². The average Bonchev–Trinajstić information content (AvgIpc) is 2.51. The molecule has 1 atom stereocenters. The predicted octanol–water partition coefficient (Wildman–Crippen LogP) is 4.34. The molecule has 0 amide bonds. The monoisotopic (exact) mass is 300 g/mol. The molecule has 0 bridgehead atoms. The fourth-order valence-electron chi connectivity index (χ4n) is 2.48. The molecule has 106 valence electrons. The zero-order valence-corrected chi connectivity index (χ0v) is 12.2. The number of rotatable bonds is 3. The van der Waals surface area contributed by atoms with Crippen molar-refractivity contribution in [2.45, 2.75) is 6.04 Å². The Morgan fingerprint density at radius 1 is 1.10 bits per heavy atom. The van der Waals surface area contributed by atoms with E-state index in [2.05, 4.69) is 10.3 Å². The lowest BCUT2D eigenvalue weighted by Crippen LogP contribution is -2.17. The van der Waals surface area contributed by atoms with Crippen LogP contribution in [-0.2, 0) is 0 Å². The van der Waals surface area contributed by atoms with Gasteiger partial charge in [-0.2, -0.15) is 0 Å². The lowest BCUT2D eigenvalue weighted by molar-refractivity contribution is 0.624. The normalized spacial score (nSPS) is 12.5. The van der Waals surface area contributed by atoms with Crippen LogP contribution >= 0.6 is 11.6 Å². The maximum Gasteiger partial charge on any atom is 0.141 e. The van der Waals surface area contributed by atoms with Crippen LogP contribution in [0.25, 0.3) is 10.9 Å². The summed E-state index contributed by atoms with van der Waals surface area (Å²) in [7, 11) is 1.87. The van der Waals surface area contributed by atoms with Crippen molar-refractivity contribution in [3.05, 3.63) is 76.7 Å². The first-order valence-electron chi connectivity index (χ1n) is 6.66. The maximum atomic E-state index is 13.3. The van der Waals surface area contributed by atoms with Gasteiger partial charge in [-0.1, -0.05) is 35.9 Å². The fraction of sp³-hybridized carbons (Fsp3) is 0.118. The molecule has 0 saturated heterocycles. The molecule has 3 aromatic rings. The minimum absolute atomic E-state index is 0.0606. The Morgan fingerprint density at radius 3 is 2.62 bits per heavy atom. The van der Waals surface area contributed by atoms with Crippen molar-refractivity contribution < 1.29 is 4.39 Å². The molecule has 1 heterocycles. The average molecular weight is 301 g/mol. The van der Waals surface area contributed by atoms with E-state index < -0.39 is 5.82 Å². The summed E-state index contributed by atoms with van der Waals surface area (Å²) in [5, 5.41) is 4.46. The van der Waals surface area contributed by atoms with Crippen LogP contribution in [0.5, 0.6) is 0 Å². The molecule has 0 aliphatic heterocycles. The number of halogens is 2. The lowest BCUT2D eigenvalue weighted by atomic mass is 9.97. The highest BCUT2D eigenvalue weighted by atomic mass is 35.5. The number of fused-ring (bicyclic) bond motifs is 1. The van der Waals surface area contributed by atoms with Crippen molar-refractivity contribution in [1.82, 2.24) is 10.3 Å². The van der Waals surface area contributed by atoms with Gasteiger partial charge in [0.2, 0.25) is 0 Å². The van der Waals surface area contributed by atoms with E-state index >= 15 is 0 Å². The van der Waals surface area contributed by atoms with Gasteiger partial charge in [0.25, 0.3) is 0 Å². The first-order chi connectivity index (χ1) is 10.2. The second-order valence-corrected chi connectivity index (χ2v) is 5.26. The Balaban J connectivity index is 2.06. The van der Waals surface area contributed by atoms with Gasteiger partial charge in [0.05, 0.1) is 16.6 Å². The van der Waals surface area contributed by atoms with Crippen LogP contribution in [0, 0.1) is 5.82 Å². The Morgan fingerprint density at radius 2 is 1.86 bits per heavy atom. The SMILES string of the molecule is CNC(c1ccc(F)c(Cl)c1)c1ccc2cccnc2c1. The Bertz CT molecular complexity index is 789. The fourth-order valence-corrected chi connectivity index (χ4v) is 2.67. The van der Waals surface area contributed by atoms with Gasteiger partial charge in [0, 0.05) is 11.6 Å². The van der Waals surface area contributed by atoms with Crippen molar-refractivity contribution in [3.63, 3.8) is 0 Å². The van der Waals surface area contributed by atoms with E-state index in [-0.39, 0.29) is 11.1 Å². The van der Waals surface area contributed by atoms with E-state index in [1.165, 1.54) is 6.07 Å². The van der Waals surface area contributed by atoms with E-state index in [4.69, 9.17) is 11.6 Å². The molecule has 0 saturated carbocycles. The van der Waals surface area contributed by atoms with Gasteiger partial charge in [-0.15, -0.1) is 0 Å². The summed E-state index contributed by atoms with van der Waals surface area (Å²) in [4.78, 5) is 4.37. The van der Waals surface area contributed by atoms with Crippen molar-refractivity contribution in [2.24, 2.45) is 0 Å². The third-order valence-corrected chi connectivity index (χ3v) is 3.82. The van der Waals surface area contributed by atoms with Crippen LogP contribution in [0.15, 0.2) is 54.7 Å². The molecule has 1 unspecified atom stereocenters. The molecule has 4 heteroatoms. The molecule has 0 fully saturated rings. The molecule has 1 N–H and O–H groups in total. The molecule has 0 aliphatic carbocycles. The minimum Gasteiger partial charge on any atom is -0.309 e. The number of hydrogen-bond donors (Lipinski definition) is 1. The van der Waals surface area contributed by atoms with Crippen molar-refractivity contribution >= 4 is 22.5 Å². The number of nitrogens with one attached hydrogen (secondary N) is 1. The van der Waals surface area contributed by atoms with Gasteiger partial charge >= 0.3 is 0 Å². The van der Waals surface area contributed by atoms with Crippen LogP contribution in [-0.4, -0.2) is 12.0 Å². The molecular weight excluding hydrogens is 287 g/mol. The molecule has 21 heavy (non-hydrogen) atoms. The van der Waals surface area contributed by atoms with Crippen molar-refractivity contribution in [3.8, 4) is 0 Å². The molecular formula is C17H14ClFN2. The summed E-state index contributed by atoms with van der Waals surface area (Å²) in [5.41, 5.74) is 2.91. The molecule has 2 nitrogen and oxygen atoms in total. The van der Waals surface area contributed by atoms with Crippen LogP contribution < -0.4 is 5.32 Å². The first kappa shape index (κ1) is 14.0. The zero-order chi connectivity index (χ0) is 14.8. The van der Waals surface area contributed by atoms with Gasteiger partial charge < -0.3 is 5.32 Å². The van der Waals surface area contributed by atoms with E-state index in [1.54, 1.807) is 18.3 Å². The maximum absolute atomic E-state index is 13.3. The Labute approximate surface area is 127 Å². The van der Waals surface area contributed by atoms with Gasteiger partial charge in [-0.25, -0.2) is 4.39 Å². The van der Waals surface area contributed by atoms with Gasteiger partial charge in [0.15, 0.2) is 0 Å². The second kappa shape index (κ2) is 5.80. The van der Waals surface area contributed by atoms with E-state index in [1.807, 2.05) is 37.4 Å². The highest BCUT2D eigenvalue weighted by Crippen LogP contribution is 2.27. The number of hydrogen-bond acceptors (Lipinski definition) is 2.